The number of nitrogens with one attached hydrogen (secondary N) is 3. The average Bonchev–Trinajstić information content (AvgIpc) is 3.00. The third-order valence-corrected chi connectivity index (χ3v) is 8.27. The summed E-state index contributed by atoms with van der Waals surface area (Å²) >= 11 is 1.15. The van der Waals surface area contributed by atoms with Crippen molar-refractivity contribution in [1.82, 2.24) is 15.3 Å². The number of ether oxygens (including phenoxy) is 1. The summed E-state index contributed by atoms with van der Waals surface area (Å²) in [6.45, 7) is 0.103. The van der Waals surface area contributed by atoms with E-state index in [4.69, 9.17) is 4.74 Å². The summed E-state index contributed by atoms with van der Waals surface area (Å²) in [6, 6.07) is 5.16. The molecule has 2 amide bonds. The molecule has 3 aromatic rings. The molecular weight excluding hydrogens is 456 g/mol. The number of anilines is 1. The van der Waals surface area contributed by atoms with Crippen LogP contribution in [-0.4, -0.2) is 42.6 Å². The van der Waals surface area contributed by atoms with Crippen LogP contribution in [0.3, 0.4) is 0 Å². The maximum absolute atomic E-state index is 12.7. The molecule has 0 saturated heterocycles. The molecule has 4 heterocycles. The van der Waals surface area contributed by atoms with Gasteiger partial charge < -0.3 is 20.4 Å². The smallest absolute Gasteiger partial charge is 0.287 e. The van der Waals surface area contributed by atoms with Gasteiger partial charge in [-0.05, 0) is 36.1 Å². The van der Waals surface area contributed by atoms with Gasteiger partial charge in [0.25, 0.3) is 17.4 Å². The van der Waals surface area contributed by atoms with E-state index in [-0.39, 0.29) is 36.4 Å². The Balaban J connectivity index is 1.38. The zero-order chi connectivity index (χ0) is 22.5. The lowest BCUT2D eigenvalue weighted by atomic mass is 10.1. The minimum absolute atomic E-state index is 0.0390. The van der Waals surface area contributed by atoms with Crippen LogP contribution in [-0.2, 0) is 33.4 Å². The van der Waals surface area contributed by atoms with Gasteiger partial charge in [-0.1, -0.05) is 6.07 Å². The molecule has 32 heavy (non-hydrogen) atoms. The van der Waals surface area contributed by atoms with E-state index in [0.29, 0.717) is 44.9 Å². The summed E-state index contributed by atoms with van der Waals surface area (Å²) in [7, 11) is -3.21. The number of amides is 2. The molecule has 0 atom stereocenters. The van der Waals surface area contributed by atoms with Gasteiger partial charge in [0.05, 0.1) is 22.6 Å². The van der Waals surface area contributed by atoms with E-state index < -0.39 is 21.3 Å². The van der Waals surface area contributed by atoms with E-state index >= 15 is 0 Å². The Labute approximate surface area is 185 Å². The van der Waals surface area contributed by atoms with Crippen LogP contribution in [0.4, 0.5) is 5.69 Å². The van der Waals surface area contributed by atoms with Crippen LogP contribution >= 0.6 is 11.3 Å². The van der Waals surface area contributed by atoms with Crippen LogP contribution in [0.25, 0.3) is 10.2 Å². The molecule has 1 aromatic carbocycles. The Hall–Kier alpha value is -3.25. The fourth-order valence-corrected chi connectivity index (χ4v) is 6.94. The molecule has 5 rings (SSSR count). The standard InChI is InChI=1S/C20H18N4O6S2/c25-15-8-30-13-4-3-10(6-12(13)22-15)7-21-19(27)17-23-18(26)16-11-2-1-5-32(28,29)9-14(11)31-20(16)24-17/h3-4,6H,1-2,5,7-9H2,(H,21,27)(H,22,25)(H,23,24,26). The van der Waals surface area contributed by atoms with Gasteiger partial charge in [0, 0.05) is 11.4 Å². The minimum Gasteiger partial charge on any atom is -0.482 e. The van der Waals surface area contributed by atoms with E-state index in [0.717, 1.165) is 16.9 Å². The first kappa shape index (κ1) is 20.6. The molecule has 0 unspecified atom stereocenters. The molecule has 0 saturated carbocycles. The lowest BCUT2D eigenvalue weighted by Crippen LogP contribution is -2.28. The van der Waals surface area contributed by atoms with E-state index in [9.17, 15) is 22.8 Å². The van der Waals surface area contributed by atoms with Gasteiger partial charge in [0.2, 0.25) is 5.82 Å². The minimum atomic E-state index is -3.21. The number of thiophene rings is 1. The quantitative estimate of drug-likeness (QED) is 0.515. The molecule has 10 nitrogen and oxygen atoms in total. The molecule has 0 bridgehead atoms. The molecular formula is C20H18N4O6S2. The van der Waals surface area contributed by atoms with Crippen molar-refractivity contribution < 1.29 is 22.7 Å². The zero-order valence-electron chi connectivity index (χ0n) is 16.7. The van der Waals surface area contributed by atoms with Crippen LogP contribution in [0, 0.1) is 0 Å². The van der Waals surface area contributed by atoms with Crippen LogP contribution in [0.2, 0.25) is 0 Å². The highest BCUT2D eigenvalue weighted by atomic mass is 32.2. The number of carbonyl (C=O) groups excluding carboxylic acids is 2. The molecule has 0 radical (unpaired) electrons. The summed E-state index contributed by atoms with van der Waals surface area (Å²) in [6.07, 6.45) is 0.943. The van der Waals surface area contributed by atoms with E-state index in [2.05, 4.69) is 20.6 Å². The molecule has 3 N–H and O–H groups in total. The Kier molecular flexibility index (Phi) is 4.97. The number of benzene rings is 1. The Morgan fingerprint density at radius 2 is 2.12 bits per heavy atom. The molecule has 12 heteroatoms. The fraction of sp³-hybridized carbons (Fsp3) is 0.300. The Bertz CT molecular complexity index is 1440. The number of nitrogens with zero attached hydrogens (tertiary/aromatic N) is 1. The summed E-state index contributed by atoms with van der Waals surface area (Å²) in [4.78, 5) is 44.6. The number of aromatic nitrogens is 2. The van der Waals surface area contributed by atoms with Crippen molar-refractivity contribution in [2.24, 2.45) is 0 Å². The van der Waals surface area contributed by atoms with Crippen molar-refractivity contribution in [3.63, 3.8) is 0 Å². The third kappa shape index (κ3) is 3.86. The molecule has 2 aliphatic heterocycles. The maximum Gasteiger partial charge on any atom is 0.287 e. The highest BCUT2D eigenvalue weighted by molar-refractivity contribution is 7.90. The van der Waals surface area contributed by atoms with Gasteiger partial charge in [-0.15, -0.1) is 11.3 Å². The van der Waals surface area contributed by atoms with Crippen molar-refractivity contribution in [3.05, 3.63) is 50.4 Å². The Morgan fingerprint density at radius 3 is 2.97 bits per heavy atom. The van der Waals surface area contributed by atoms with Crippen molar-refractivity contribution in [3.8, 4) is 5.75 Å². The third-order valence-electron chi connectivity index (χ3n) is 5.32. The molecule has 0 fully saturated rings. The topological polar surface area (TPSA) is 147 Å². The first-order valence-corrected chi connectivity index (χ1v) is 12.5. The summed E-state index contributed by atoms with van der Waals surface area (Å²) < 4.78 is 29.5. The number of hydrogen-bond acceptors (Lipinski definition) is 8. The summed E-state index contributed by atoms with van der Waals surface area (Å²) in [5.74, 6) is -0.426. The lowest BCUT2D eigenvalue weighted by Gasteiger charge is -2.18. The summed E-state index contributed by atoms with van der Waals surface area (Å²) in [5, 5.41) is 5.76. The second-order valence-corrected chi connectivity index (χ2v) is 10.9. The monoisotopic (exact) mass is 474 g/mol. The van der Waals surface area contributed by atoms with Crippen LogP contribution in [0.15, 0.2) is 23.0 Å². The van der Waals surface area contributed by atoms with Crippen LogP contribution in [0.5, 0.6) is 5.75 Å². The average molecular weight is 475 g/mol. The highest BCUT2D eigenvalue weighted by Gasteiger charge is 2.26. The van der Waals surface area contributed by atoms with Gasteiger partial charge in [0.1, 0.15) is 10.6 Å². The maximum atomic E-state index is 12.7. The van der Waals surface area contributed by atoms with Gasteiger partial charge in [-0.3, -0.25) is 14.4 Å². The molecule has 0 spiro atoms. The second-order valence-electron chi connectivity index (χ2n) is 7.64. The van der Waals surface area contributed by atoms with Gasteiger partial charge in [-0.25, -0.2) is 13.4 Å². The first-order valence-electron chi connectivity index (χ1n) is 9.88. The largest absolute Gasteiger partial charge is 0.482 e. The molecule has 2 aliphatic rings. The fourth-order valence-electron chi connectivity index (χ4n) is 3.85. The second kappa shape index (κ2) is 7.71. The van der Waals surface area contributed by atoms with Crippen molar-refractivity contribution in [2.45, 2.75) is 25.1 Å². The number of carbonyl (C=O) groups is 2. The number of aromatic amines is 1. The van der Waals surface area contributed by atoms with Gasteiger partial charge in [0.15, 0.2) is 16.4 Å². The van der Waals surface area contributed by atoms with Crippen LogP contribution < -0.4 is 20.9 Å². The lowest BCUT2D eigenvalue weighted by molar-refractivity contribution is -0.118. The van der Waals surface area contributed by atoms with E-state index in [1.54, 1.807) is 18.2 Å². The zero-order valence-corrected chi connectivity index (χ0v) is 18.3. The molecule has 0 aliphatic carbocycles. The van der Waals surface area contributed by atoms with Gasteiger partial charge in [-0.2, -0.15) is 0 Å². The number of sulfone groups is 1. The highest BCUT2D eigenvalue weighted by Crippen LogP contribution is 2.33. The van der Waals surface area contributed by atoms with Crippen molar-refractivity contribution >= 4 is 48.9 Å². The summed E-state index contributed by atoms with van der Waals surface area (Å²) in [5.41, 5.74) is 1.51. The Morgan fingerprint density at radius 1 is 1.28 bits per heavy atom. The number of fused-ring (bicyclic) bond motifs is 4. The SMILES string of the molecule is O=C1COc2ccc(CNC(=O)c3nc4sc5c(c4c(=O)[nH]3)CCCS(=O)(=O)C5)cc2N1. The number of rotatable bonds is 3. The normalized spacial score (nSPS) is 16.9. The number of H-pyrrole nitrogens is 1. The number of hydrogen-bond donors (Lipinski definition) is 3. The predicted octanol–water partition coefficient (Wildman–Crippen LogP) is 1.11. The van der Waals surface area contributed by atoms with Crippen molar-refractivity contribution in [1.29, 1.82) is 0 Å². The predicted molar refractivity (Wildman–Crippen MR) is 118 cm³/mol. The number of aryl methyl sites for hydroxylation is 1. The van der Waals surface area contributed by atoms with E-state index in [1.807, 2.05) is 0 Å². The molecule has 2 aromatic heterocycles. The van der Waals surface area contributed by atoms with Crippen LogP contribution in [0.1, 0.15) is 33.0 Å². The van der Waals surface area contributed by atoms with Crippen molar-refractivity contribution in [2.75, 3.05) is 17.7 Å². The molecule has 166 valence electrons. The first-order chi connectivity index (χ1) is 15.3. The van der Waals surface area contributed by atoms with E-state index in [1.165, 1.54) is 0 Å². The van der Waals surface area contributed by atoms with Gasteiger partial charge >= 0.3 is 0 Å².